The number of aliphatic hydroxyl groups excluding tert-OH is 1. The molecule has 0 amide bonds. The summed E-state index contributed by atoms with van der Waals surface area (Å²) in [5.41, 5.74) is 1.93. The Bertz CT molecular complexity index is 1400. The van der Waals surface area contributed by atoms with Gasteiger partial charge in [-0.25, -0.2) is 9.97 Å². The molecule has 0 aliphatic heterocycles. The molecule has 0 bridgehead atoms. The summed E-state index contributed by atoms with van der Waals surface area (Å²) in [6, 6.07) is 16.4. The molecular formula is C23H25N5O4S. The van der Waals surface area contributed by atoms with Gasteiger partial charge >= 0.3 is 10.3 Å². The van der Waals surface area contributed by atoms with Crippen molar-refractivity contribution in [2.75, 3.05) is 11.9 Å². The first-order chi connectivity index (χ1) is 15.9. The summed E-state index contributed by atoms with van der Waals surface area (Å²) in [6.45, 7) is 0.604. The highest BCUT2D eigenvalue weighted by molar-refractivity contribution is 7.83. The molecule has 10 heteroatoms. The number of fused-ring (bicyclic) bond motifs is 2. The molecule has 0 unspecified atom stereocenters. The molecule has 2 aromatic heterocycles. The van der Waals surface area contributed by atoms with Gasteiger partial charge in [0.2, 0.25) is 0 Å². The molecule has 2 heterocycles. The molecular weight excluding hydrogens is 442 g/mol. The van der Waals surface area contributed by atoms with Gasteiger partial charge in [-0.3, -0.25) is 4.55 Å². The number of benzene rings is 2. The number of aromatic nitrogens is 3. The molecule has 0 spiro atoms. The predicted octanol–water partition coefficient (Wildman–Crippen LogP) is 2.90. The van der Waals surface area contributed by atoms with Crippen molar-refractivity contribution >= 4 is 37.9 Å². The van der Waals surface area contributed by atoms with Crippen molar-refractivity contribution in [1.82, 2.24) is 19.3 Å². The maximum atomic E-state index is 11.0. The fraction of sp³-hybridized carbons (Fsp3) is 0.304. The van der Waals surface area contributed by atoms with Gasteiger partial charge in [0.05, 0.1) is 11.5 Å². The Morgan fingerprint density at radius 1 is 1.03 bits per heavy atom. The lowest BCUT2D eigenvalue weighted by Gasteiger charge is -2.14. The summed E-state index contributed by atoms with van der Waals surface area (Å²) in [5.74, 6) is 0.440. The zero-order valence-electron chi connectivity index (χ0n) is 17.8. The zero-order chi connectivity index (χ0) is 23.0. The average molecular weight is 468 g/mol. The van der Waals surface area contributed by atoms with E-state index in [1.54, 1.807) is 0 Å². The third kappa shape index (κ3) is 4.55. The van der Waals surface area contributed by atoms with Crippen molar-refractivity contribution in [3.05, 3.63) is 66.6 Å². The van der Waals surface area contributed by atoms with E-state index in [0.717, 1.165) is 16.9 Å². The zero-order valence-corrected chi connectivity index (χ0v) is 18.6. The lowest BCUT2D eigenvalue weighted by molar-refractivity contribution is 0.133. The van der Waals surface area contributed by atoms with Gasteiger partial charge in [0, 0.05) is 31.2 Å². The normalized spacial score (nSPS) is 21.1. The van der Waals surface area contributed by atoms with Crippen molar-refractivity contribution in [2.24, 2.45) is 5.92 Å². The van der Waals surface area contributed by atoms with E-state index in [4.69, 9.17) is 4.55 Å². The smallest absolute Gasteiger partial charge is 0.333 e. The summed E-state index contributed by atoms with van der Waals surface area (Å²) < 4.78 is 35.0. The van der Waals surface area contributed by atoms with Gasteiger partial charge in [-0.05, 0) is 35.2 Å². The van der Waals surface area contributed by atoms with E-state index < -0.39 is 16.4 Å². The van der Waals surface area contributed by atoms with Gasteiger partial charge in [0.1, 0.15) is 17.8 Å². The van der Waals surface area contributed by atoms with Crippen molar-refractivity contribution in [3.63, 3.8) is 0 Å². The molecule has 5 rings (SSSR count). The third-order valence-corrected chi connectivity index (χ3v) is 6.92. The van der Waals surface area contributed by atoms with Gasteiger partial charge in [-0.2, -0.15) is 13.1 Å². The first-order valence-corrected chi connectivity index (χ1v) is 12.3. The highest BCUT2D eigenvalue weighted by Crippen LogP contribution is 2.37. The van der Waals surface area contributed by atoms with Crippen molar-refractivity contribution in [1.29, 1.82) is 0 Å². The van der Waals surface area contributed by atoms with E-state index in [-0.39, 0.29) is 18.5 Å². The summed E-state index contributed by atoms with van der Waals surface area (Å²) >= 11 is 0. The van der Waals surface area contributed by atoms with Crippen LogP contribution in [0.2, 0.25) is 0 Å². The van der Waals surface area contributed by atoms with Crippen molar-refractivity contribution in [3.8, 4) is 0 Å². The van der Waals surface area contributed by atoms with Crippen molar-refractivity contribution in [2.45, 2.75) is 31.5 Å². The minimum atomic E-state index is -4.29. The molecule has 9 nitrogen and oxygen atoms in total. The Labute approximate surface area is 191 Å². The number of aliphatic hydroxyl groups is 1. The van der Waals surface area contributed by atoms with Crippen LogP contribution in [0.4, 0.5) is 5.82 Å². The molecule has 1 fully saturated rings. The first-order valence-electron chi connectivity index (χ1n) is 10.8. The number of hydrogen-bond acceptors (Lipinski definition) is 6. The van der Waals surface area contributed by atoms with Crippen LogP contribution in [-0.2, 0) is 16.8 Å². The molecule has 1 aliphatic rings. The molecule has 33 heavy (non-hydrogen) atoms. The number of nitrogens with one attached hydrogen (secondary N) is 2. The molecule has 4 N–H and O–H groups in total. The standard InChI is InChI=1S/C23H25N5O4S/c29-21-11-18(10-17(21)13-27-33(30,31)32)28-9-8-20-22(25-14-26-23(20)28)24-12-16-6-3-5-15-4-1-2-7-19(15)16/h1-9,14,17-18,21,27,29H,10-13H2,(H,24,25,26)(H,30,31,32)/t17-,18+,21-/m0/s1. The monoisotopic (exact) mass is 467 g/mol. The van der Waals surface area contributed by atoms with E-state index >= 15 is 0 Å². The Balaban J connectivity index is 1.35. The third-order valence-electron chi connectivity index (χ3n) is 6.39. The number of rotatable bonds is 7. The summed E-state index contributed by atoms with van der Waals surface area (Å²) in [5, 5.41) is 17.1. The van der Waals surface area contributed by atoms with Crippen LogP contribution in [0, 0.1) is 5.92 Å². The number of hydrogen-bond donors (Lipinski definition) is 4. The van der Waals surface area contributed by atoms with Crippen LogP contribution in [-0.4, -0.2) is 45.3 Å². The Hall–Kier alpha value is -3.05. The average Bonchev–Trinajstić information content (AvgIpc) is 3.39. The largest absolute Gasteiger partial charge is 0.393 e. The molecule has 172 valence electrons. The van der Waals surface area contributed by atoms with Crippen LogP contribution in [0.25, 0.3) is 21.8 Å². The van der Waals surface area contributed by atoms with Gasteiger partial charge in [-0.1, -0.05) is 42.5 Å². The maximum Gasteiger partial charge on any atom is 0.333 e. The van der Waals surface area contributed by atoms with Crippen LogP contribution < -0.4 is 10.0 Å². The van der Waals surface area contributed by atoms with Crippen LogP contribution in [0.5, 0.6) is 0 Å². The minimum absolute atomic E-state index is 0.0114. The second-order valence-corrected chi connectivity index (χ2v) is 9.69. The quantitative estimate of drug-likeness (QED) is 0.308. The molecule has 3 atom stereocenters. The molecule has 2 aromatic carbocycles. The lowest BCUT2D eigenvalue weighted by Crippen LogP contribution is -2.31. The summed E-state index contributed by atoms with van der Waals surface area (Å²) in [7, 11) is -4.29. The highest BCUT2D eigenvalue weighted by Gasteiger charge is 2.35. The molecule has 4 aromatic rings. The van der Waals surface area contributed by atoms with E-state index in [9.17, 15) is 13.5 Å². The molecule has 1 saturated carbocycles. The SMILES string of the molecule is O=S(=O)(O)NC[C@@H]1C[C@@H](n2ccc3c(NCc4cccc5ccccc45)ncnc32)C[C@@H]1O. The fourth-order valence-corrected chi connectivity index (χ4v) is 5.19. The second kappa shape index (κ2) is 8.71. The fourth-order valence-electron chi connectivity index (χ4n) is 4.76. The molecule has 0 radical (unpaired) electrons. The summed E-state index contributed by atoms with van der Waals surface area (Å²) in [4.78, 5) is 8.90. The van der Waals surface area contributed by atoms with Crippen molar-refractivity contribution < 1.29 is 18.1 Å². The second-order valence-electron chi connectivity index (χ2n) is 8.45. The van der Waals surface area contributed by atoms with E-state index in [1.807, 2.05) is 35.0 Å². The van der Waals surface area contributed by atoms with E-state index in [0.29, 0.717) is 19.4 Å². The van der Waals surface area contributed by atoms with Gasteiger partial charge in [0.15, 0.2) is 0 Å². The Kier molecular flexibility index (Phi) is 5.75. The van der Waals surface area contributed by atoms with Crippen LogP contribution in [0.15, 0.2) is 61.1 Å². The van der Waals surface area contributed by atoms with Crippen LogP contribution in [0.1, 0.15) is 24.4 Å². The topological polar surface area (TPSA) is 129 Å². The predicted molar refractivity (Wildman–Crippen MR) is 126 cm³/mol. The summed E-state index contributed by atoms with van der Waals surface area (Å²) in [6.07, 6.45) is 3.82. The van der Waals surface area contributed by atoms with E-state index in [1.165, 1.54) is 22.7 Å². The van der Waals surface area contributed by atoms with Gasteiger partial charge < -0.3 is 15.0 Å². The Morgan fingerprint density at radius 3 is 2.70 bits per heavy atom. The maximum absolute atomic E-state index is 11.0. The van der Waals surface area contributed by atoms with Gasteiger partial charge in [0.25, 0.3) is 0 Å². The molecule has 0 saturated heterocycles. The van der Waals surface area contributed by atoms with Gasteiger partial charge in [-0.15, -0.1) is 0 Å². The lowest BCUT2D eigenvalue weighted by atomic mass is 10.0. The van der Waals surface area contributed by atoms with Crippen LogP contribution >= 0.6 is 0 Å². The van der Waals surface area contributed by atoms with Crippen LogP contribution in [0.3, 0.4) is 0 Å². The molecule has 1 aliphatic carbocycles. The Morgan fingerprint density at radius 2 is 1.85 bits per heavy atom. The van der Waals surface area contributed by atoms with E-state index in [2.05, 4.69) is 44.3 Å². The number of nitrogens with zero attached hydrogens (tertiary/aromatic N) is 3. The first kappa shape index (κ1) is 21.8. The minimum Gasteiger partial charge on any atom is -0.393 e. The highest BCUT2D eigenvalue weighted by atomic mass is 32.2. The number of anilines is 1.